The van der Waals surface area contributed by atoms with Crippen molar-refractivity contribution in [3.05, 3.63) is 29.8 Å². The van der Waals surface area contributed by atoms with Gasteiger partial charge in [0, 0.05) is 24.9 Å². The summed E-state index contributed by atoms with van der Waals surface area (Å²) in [5, 5.41) is 0. The van der Waals surface area contributed by atoms with Gasteiger partial charge >= 0.3 is 0 Å². The average molecular weight is 267 g/mol. The van der Waals surface area contributed by atoms with E-state index in [4.69, 9.17) is 4.74 Å². The van der Waals surface area contributed by atoms with Crippen molar-refractivity contribution in [3.63, 3.8) is 0 Å². The van der Waals surface area contributed by atoms with Gasteiger partial charge in [-0.05, 0) is 19.1 Å². The summed E-state index contributed by atoms with van der Waals surface area (Å²) >= 11 is 0. The summed E-state index contributed by atoms with van der Waals surface area (Å²) in [4.78, 5) is 0.397. The predicted octanol–water partition coefficient (Wildman–Crippen LogP) is 1.26. The van der Waals surface area contributed by atoms with Gasteiger partial charge in [-0.1, -0.05) is 17.7 Å². The van der Waals surface area contributed by atoms with Gasteiger partial charge in [0.05, 0.1) is 18.1 Å². The smallest absolute Gasteiger partial charge is 0.243 e. The first kappa shape index (κ1) is 12.1. The number of sulfonamides is 1. The molecule has 2 heterocycles. The highest BCUT2D eigenvalue weighted by molar-refractivity contribution is 7.89. The van der Waals surface area contributed by atoms with Crippen LogP contribution in [0.5, 0.6) is 0 Å². The number of fused-ring (bicyclic) bond motifs is 1. The van der Waals surface area contributed by atoms with Crippen molar-refractivity contribution in [2.45, 2.75) is 11.8 Å². The van der Waals surface area contributed by atoms with Gasteiger partial charge in [-0.3, -0.25) is 0 Å². The van der Waals surface area contributed by atoms with Gasteiger partial charge < -0.3 is 4.74 Å². The van der Waals surface area contributed by atoms with Gasteiger partial charge in [0.25, 0.3) is 0 Å². The summed E-state index contributed by atoms with van der Waals surface area (Å²) in [5.74, 6) is 0.760. The minimum Gasteiger partial charge on any atom is -0.381 e. The number of ether oxygens (including phenoxy) is 1. The molecule has 4 nitrogen and oxygen atoms in total. The van der Waals surface area contributed by atoms with Crippen LogP contribution in [0, 0.1) is 18.8 Å². The molecule has 1 aromatic rings. The standard InChI is InChI=1S/C13H17NO3S/c1-10-2-4-13(5-3-10)18(15,16)14-6-11-8-17-9-12(11)7-14/h2-5,11-12H,6-9H2,1H3/t11-,12+. The largest absolute Gasteiger partial charge is 0.381 e. The SMILES string of the molecule is Cc1ccc(S(=O)(=O)N2C[C@H]3COC[C@H]3C2)cc1. The van der Waals surface area contributed by atoms with E-state index >= 15 is 0 Å². The van der Waals surface area contributed by atoms with Gasteiger partial charge in [-0.15, -0.1) is 0 Å². The molecule has 2 aliphatic heterocycles. The maximum Gasteiger partial charge on any atom is 0.243 e. The Morgan fingerprint density at radius 3 is 2.22 bits per heavy atom. The molecule has 2 atom stereocenters. The van der Waals surface area contributed by atoms with Crippen LogP contribution in [0.2, 0.25) is 0 Å². The molecule has 2 fully saturated rings. The fourth-order valence-electron chi connectivity index (χ4n) is 2.70. The Morgan fingerprint density at radius 2 is 1.67 bits per heavy atom. The van der Waals surface area contributed by atoms with Crippen LogP contribution in [0.3, 0.4) is 0 Å². The van der Waals surface area contributed by atoms with Crippen LogP contribution in [-0.2, 0) is 14.8 Å². The van der Waals surface area contributed by atoms with E-state index in [0.29, 0.717) is 43.0 Å². The zero-order valence-corrected chi connectivity index (χ0v) is 11.2. The molecule has 0 aliphatic carbocycles. The molecule has 0 aromatic heterocycles. The van der Waals surface area contributed by atoms with Gasteiger partial charge in [0.2, 0.25) is 10.0 Å². The van der Waals surface area contributed by atoms with E-state index in [0.717, 1.165) is 5.56 Å². The van der Waals surface area contributed by atoms with E-state index in [2.05, 4.69) is 0 Å². The molecule has 0 saturated carbocycles. The first-order valence-corrected chi connectivity index (χ1v) is 7.66. The first-order valence-electron chi connectivity index (χ1n) is 6.22. The Morgan fingerprint density at radius 1 is 1.11 bits per heavy atom. The topological polar surface area (TPSA) is 46.6 Å². The number of hydrogen-bond donors (Lipinski definition) is 0. The quantitative estimate of drug-likeness (QED) is 0.810. The van der Waals surface area contributed by atoms with Crippen LogP contribution in [0.4, 0.5) is 0 Å². The summed E-state index contributed by atoms with van der Waals surface area (Å²) < 4.78 is 31.9. The van der Waals surface area contributed by atoms with Gasteiger partial charge in [-0.25, -0.2) is 8.42 Å². The van der Waals surface area contributed by atoms with E-state index in [-0.39, 0.29) is 0 Å². The molecule has 0 N–H and O–H groups in total. The van der Waals surface area contributed by atoms with E-state index < -0.39 is 10.0 Å². The van der Waals surface area contributed by atoms with Crippen LogP contribution >= 0.6 is 0 Å². The molecule has 2 saturated heterocycles. The Hall–Kier alpha value is -0.910. The van der Waals surface area contributed by atoms with Crippen molar-refractivity contribution in [3.8, 4) is 0 Å². The maximum absolute atomic E-state index is 12.5. The van der Waals surface area contributed by atoms with Crippen molar-refractivity contribution in [2.75, 3.05) is 26.3 Å². The molecule has 1 aromatic carbocycles. The molecule has 0 radical (unpaired) electrons. The fourth-order valence-corrected chi connectivity index (χ4v) is 4.25. The fraction of sp³-hybridized carbons (Fsp3) is 0.538. The van der Waals surface area contributed by atoms with E-state index in [1.165, 1.54) is 0 Å². The molecular formula is C13H17NO3S. The minimum absolute atomic E-state index is 0.380. The van der Waals surface area contributed by atoms with Crippen LogP contribution in [0.15, 0.2) is 29.2 Å². The monoisotopic (exact) mass is 267 g/mol. The number of nitrogens with zero attached hydrogens (tertiary/aromatic N) is 1. The second-order valence-corrected chi connectivity index (χ2v) is 7.13. The van der Waals surface area contributed by atoms with Crippen LogP contribution < -0.4 is 0 Å². The Labute approximate surface area is 108 Å². The number of hydrogen-bond acceptors (Lipinski definition) is 3. The van der Waals surface area contributed by atoms with Crippen LogP contribution in [0.1, 0.15) is 5.56 Å². The number of benzene rings is 1. The number of rotatable bonds is 2. The lowest BCUT2D eigenvalue weighted by atomic mass is 10.0. The lowest BCUT2D eigenvalue weighted by Crippen LogP contribution is -2.30. The lowest BCUT2D eigenvalue weighted by molar-refractivity contribution is 0.168. The van der Waals surface area contributed by atoms with Gasteiger partial charge in [0.15, 0.2) is 0 Å². The average Bonchev–Trinajstić information content (AvgIpc) is 2.89. The molecule has 2 aliphatic rings. The molecule has 18 heavy (non-hydrogen) atoms. The van der Waals surface area contributed by atoms with E-state index in [1.54, 1.807) is 16.4 Å². The summed E-state index contributed by atoms with van der Waals surface area (Å²) in [6, 6.07) is 7.06. The summed E-state index contributed by atoms with van der Waals surface area (Å²) in [6.45, 7) is 4.55. The Balaban J connectivity index is 1.85. The van der Waals surface area contributed by atoms with Crippen molar-refractivity contribution >= 4 is 10.0 Å². The highest BCUT2D eigenvalue weighted by Crippen LogP contribution is 2.32. The third-order valence-electron chi connectivity index (χ3n) is 3.87. The zero-order chi connectivity index (χ0) is 12.8. The first-order chi connectivity index (χ1) is 8.57. The van der Waals surface area contributed by atoms with E-state index in [9.17, 15) is 8.42 Å². The highest BCUT2D eigenvalue weighted by atomic mass is 32.2. The lowest BCUT2D eigenvalue weighted by Gasteiger charge is -2.17. The van der Waals surface area contributed by atoms with Crippen molar-refractivity contribution in [1.29, 1.82) is 0 Å². The maximum atomic E-state index is 12.5. The molecule has 3 rings (SSSR count). The summed E-state index contributed by atoms with van der Waals surface area (Å²) in [6.07, 6.45) is 0. The molecule has 0 unspecified atom stereocenters. The molecule has 0 bridgehead atoms. The van der Waals surface area contributed by atoms with Gasteiger partial charge in [0.1, 0.15) is 0 Å². The Bertz CT molecular complexity index is 526. The van der Waals surface area contributed by atoms with Crippen LogP contribution in [0.25, 0.3) is 0 Å². The van der Waals surface area contributed by atoms with Crippen LogP contribution in [-0.4, -0.2) is 39.0 Å². The van der Waals surface area contributed by atoms with E-state index in [1.807, 2.05) is 19.1 Å². The highest BCUT2D eigenvalue weighted by Gasteiger charge is 2.42. The van der Waals surface area contributed by atoms with Crippen molar-refractivity contribution < 1.29 is 13.2 Å². The third kappa shape index (κ3) is 1.96. The molecule has 0 spiro atoms. The predicted molar refractivity (Wildman–Crippen MR) is 67.7 cm³/mol. The second-order valence-electron chi connectivity index (χ2n) is 5.19. The molecular weight excluding hydrogens is 250 g/mol. The zero-order valence-electron chi connectivity index (χ0n) is 10.4. The minimum atomic E-state index is -3.32. The normalized spacial score (nSPS) is 28.5. The third-order valence-corrected chi connectivity index (χ3v) is 5.71. The molecule has 0 amide bonds. The molecule has 5 heteroatoms. The van der Waals surface area contributed by atoms with Crippen molar-refractivity contribution in [1.82, 2.24) is 4.31 Å². The van der Waals surface area contributed by atoms with Gasteiger partial charge in [-0.2, -0.15) is 4.31 Å². The second kappa shape index (κ2) is 4.33. The summed E-state index contributed by atoms with van der Waals surface area (Å²) in [5.41, 5.74) is 1.07. The summed E-state index contributed by atoms with van der Waals surface area (Å²) in [7, 11) is -3.32. The molecule has 98 valence electrons. The van der Waals surface area contributed by atoms with Crippen molar-refractivity contribution in [2.24, 2.45) is 11.8 Å². The Kier molecular flexibility index (Phi) is 2.92. The number of aryl methyl sites for hydroxylation is 1.